The molecular weight excluding hydrogens is 282 g/mol. The smallest absolute Gasteiger partial charge is 0.282 e. The van der Waals surface area contributed by atoms with Gasteiger partial charge in [0.05, 0.1) is 14.6 Å². The number of benzene rings is 1. The topological polar surface area (TPSA) is 63.6 Å². The van der Waals surface area contributed by atoms with E-state index in [-0.39, 0.29) is 0 Å². The monoisotopic (exact) mass is 293 g/mol. The maximum atomic E-state index is 12.3. The largest absolute Gasteiger partial charge is 0.327 e. The molecule has 0 aliphatic heterocycles. The van der Waals surface area contributed by atoms with Crippen LogP contribution >= 0.6 is 11.3 Å². The molecule has 0 spiro atoms. The molecule has 0 radical (unpaired) electrons. The van der Waals surface area contributed by atoms with Crippen molar-refractivity contribution in [2.45, 2.75) is 4.90 Å². The molecule has 1 atom stereocenters. The number of nitrogens with zero attached hydrogens (tertiary/aromatic N) is 1. The van der Waals surface area contributed by atoms with Crippen LogP contribution in [0.25, 0.3) is 0 Å². The van der Waals surface area contributed by atoms with Crippen molar-refractivity contribution in [2.75, 3.05) is 6.26 Å². The number of rotatable bonds is 3. The lowest BCUT2D eigenvalue weighted by atomic mass is 10.3. The van der Waals surface area contributed by atoms with E-state index in [4.69, 9.17) is 0 Å². The Morgan fingerprint density at radius 2 is 1.79 bits per heavy atom. The Balaban J connectivity index is 2.33. The third-order valence-electron chi connectivity index (χ3n) is 2.38. The molecule has 0 saturated heterocycles. The Labute approximate surface area is 115 Å². The van der Waals surface area contributed by atoms with Crippen molar-refractivity contribution in [2.24, 2.45) is 4.36 Å². The van der Waals surface area contributed by atoms with Crippen molar-refractivity contribution in [3.8, 4) is 0 Å². The van der Waals surface area contributed by atoms with Gasteiger partial charge in [0, 0.05) is 11.2 Å². The average Bonchev–Trinajstić information content (AvgIpc) is 2.92. The number of hydrogen-bond donors (Lipinski definition) is 0. The molecule has 0 saturated carbocycles. The van der Waals surface area contributed by atoms with E-state index in [0.717, 1.165) is 11.3 Å². The molecule has 0 aliphatic rings. The van der Waals surface area contributed by atoms with Gasteiger partial charge in [-0.3, -0.25) is 9.59 Å². The third kappa shape index (κ3) is 3.15. The van der Waals surface area contributed by atoms with Crippen molar-refractivity contribution in [1.29, 1.82) is 0 Å². The predicted molar refractivity (Wildman–Crippen MR) is 74.9 cm³/mol. The lowest BCUT2D eigenvalue weighted by molar-refractivity contribution is -0.113. The first kappa shape index (κ1) is 13.6. The number of carbonyl (C=O) groups excluding carboxylic acids is 2. The molecule has 19 heavy (non-hydrogen) atoms. The summed E-state index contributed by atoms with van der Waals surface area (Å²) in [6, 6.07) is 11.6. The number of carbonyl (C=O) groups is 2. The average molecular weight is 293 g/mol. The molecular formula is C13H11NO3S2. The highest BCUT2D eigenvalue weighted by Gasteiger charge is 2.19. The molecule has 1 amide bonds. The summed E-state index contributed by atoms with van der Waals surface area (Å²) in [5.41, 5.74) is 0. The number of amides is 1. The Hall–Kier alpha value is -1.79. The van der Waals surface area contributed by atoms with Crippen molar-refractivity contribution in [3.05, 3.63) is 52.7 Å². The molecule has 0 bridgehead atoms. The second-order valence-corrected chi connectivity index (χ2v) is 7.03. The summed E-state index contributed by atoms with van der Waals surface area (Å²) >= 11 is 1.16. The van der Waals surface area contributed by atoms with E-state index in [2.05, 4.69) is 4.36 Å². The first-order chi connectivity index (χ1) is 9.00. The Morgan fingerprint density at radius 3 is 2.37 bits per heavy atom. The molecule has 1 unspecified atom stereocenters. The van der Waals surface area contributed by atoms with E-state index in [1.807, 2.05) is 0 Å². The van der Waals surface area contributed by atoms with Crippen molar-refractivity contribution < 1.29 is 13.8 Å². The van der Waals surface area contributed by atoms with Gasteiger partial charge >= 0.3 is 5.91 Å². The van der Waals surface area contributed by atoms with Crippen LogP contribution in [0.4, 0.5) is 0 Å². The zero-order chi connectivity index (χ0) is 13.9. The number of thiophene rings is 1. The van der Waals surface area contributed by atoms with Crippen LogP contribution in [0, 0.1) is 0 Å². The predicted octanol–water partition coefficient (Wildman–Crippen LogP) is 2.61. The molecule has 2 rings (SSSR count). The van der Waals surface area contributed by atoms with Gasteiger partial charge in [-0.2, -0.15) is 4.36 Å². The third-order valence-corrected chi connectivity index (χ3v) is 4.91. The molecule has 0 aliphatic carbocycles. The van der Waals surface area contributed by atoms with Crippen LogP contribution < -0.4 is 0 Å². The Kier molecular flexibility index (Phi) is 3.92. The zero-order valence-corrected chi connectivity index (χ0v) is 11.7. The van der Waals surface area contributed by atoms with Crippen molar-refractivity contribution in [1.82, 2.24) is 0 Å². The summed E-state index contributed by atoms with van der Waals surface area (Å²) in [6.07, 6.45) is 1.35. The maximum absolute atomic E-state index is 12.3. The number of ketones is 1. The molecule has 1 aromatic carbocycles. The van der Waals surface area contributed by atoms with Gasteiger partial charge in [0.15, 0.2) is 0 Å². The van der Waals surface area contributed by atoms with Crippen molar-refractivity contribution >= 4 is 32.8 Å². The highest BCUT2D eigenvalue weighted by atomic mass is 32.2. The van der Waals surface area contributed by atoms with Crippen LogP contribution in [0.3, 0.4) is 0 Å². The number of hydrogen-bond acceptors (Lipinski definition) is 4. The lowest BCUT2D eigenvalue weighted by Crippen LogP contribution is -2.13. The SMILES string of the molecule is CS(=O)(=NC(=O)C(=O)c1cccs1)c1ccccc1. The standard InChI is InChI=1S/C13H11NO3S2/c1-19(17,10-6-3-2-4-7-10)14-13(16)12(15)11-8-5-9-18-11/h2-9H,1H3. The van der Waals surface area contributed by atoms with Crippen LogP contribution in [-0.2, 0) is 14.5 Å². The summed E-state index contributed by atoms with van der Waals surface area (Å²) in [6.45, 7) is 0. The fourth-order valence-electron chi connectivity index (χ4n) is 1.44. The van der Waals surface area contributed by atoms with Crippen LogP contribution in [0.1, 0.15) is 9.67 Å². The fourth-order valence-corrected chi connectivity index (χ4v) is 3.26. The van der Waals surface area contributed by atoms with Gasteiger partial charge in [-0.15, -0.1) is 11.3 Å². The molecule has 1 aromatic heterocycles. The second kappa shape index (κ2) is 5.46. The minimum Gasteiger partial charge on any atom is -0.282 e. The van der Waals surface area contributed by atoms with Gasteiger partial charge < -0.3 is 0 Å². The zero-order valence-electron chi connectivity index (χ0n) is 10.1. The summed E-state index contributed by atoms with van der Waals surface area (Å²) in [5, 5.41) is 1.70. The van der Waals surface area contributed by atoms with Crippen LogP contribution in [0.15, 0.2) is 57.1 Å². The Bertz CT molecular complexity index is 712. The second-order valence-electron chi connectivity index (χ2n) is 3.82. The summed E-state index contributed by atoms with van der Waals surface area (Å²) < 4.78 is 15.9. The summed E-state index contributed by atoms with van der Waals surface area (Å²) in [7, 11) is -2.89. The van der Waals surface area contributed by atoms with Crippen LogP contribution in [0.2, 0.25) is 0 Å². The van der Waals surface area contributed by atoms with E-state index >= 15 is 0 Å². The first-order valence-electron chi connectivity index (χ1n) is 5.40. The number of Topliss-reactive ketones (excluding diaryl/α,β-unsaturated/α-hetero) is 1. The molecule has 4 nitrogen and oxygen atoms in total. The maximum Gasteiger partial charge on any atom is 0.327 e. The summed E-state index contributed by atoms with van der Waals surface area (Å²) in [4.78, 5) is 24.2. The van der Waals surface area contributed by atoms with E-state index in [0.29, 0.717) is 9.77 Å². The first-order valence-corrected chi connectivity index (χ1v) is 8.20. The minimum atomic E-state index is -2.89. The summed E-state index contributed by atoms with van der Waals surface area (Å²) in [5.74, 6) is -1.70. The molecule has 0 fully saturated rings. The lowest BCUT2D eigenvalue weighted by Gasteiger charge is -2.02. The Morgan fingerprint density at radius 1 is 1.11 bits per heavy atom. The molecule has 98 valence electrons. The van der Waals surface area contributed by atoms with Gasteiger partial charge in [-0.25, -0.2) is 4.21 Å². The highest BCUT2D eigenvalue weighted by molar-refractivity contribution is 7.93. The fraction of sp³-hybridized carbons (Fsp3) is 0.0769. The van der Waals surface area contributed by atoms with Crippen LogP contribution in [0.5, 0.6) is 0 Å². The van der Waals surface area contributed by atoms with Gasteiger partial charge in [-0.1, -0.05) is 24.3 Å². The van der Waals surface area contributed by atoms with E-state index in [1.54, 1.807) is 47.8 Å². The van der Waals surface area contributed by atoms with Gasteiger partial charge in [0.1, 0.15) is 0 Å². The molecule has 2 aromatic rings. The van der Waals surface area contributed by atoms with E-state index in [1.165, 1.54) is 6.26 Å². The van der Waals surface area contributed by atoms with Crippen LogP contribution in [-0.4, -0.2) is 22.2 Å². The quantitative estimate of drug-likeness (QED) is 0.645. The van der Waals surface area contributed by atoms with Gasteiger partial charge in [0.2, 0.25) is 0 Å². The normalized spacial score (nSPS) is 13.5. The van der Waals surface area contributed by atoms with E-state index in [9.17, 15) is 13.8 Å². The van der Waals surface area contributed by atoms with Gasteiger partial charge in [0.25, 0.3) is 5.78 Å². The molecule has 1 heterocycles. The van der Waals surface area contributed by atoms with Crippen molar-refractivity contribution in [3.63, 3.8) is 0 Å². The van der Waals surface area contributed by atoms with E-state index < -0.39 is 21.4 Å². The molecule has 6 heteroatoms. The molecule has 0 N–H and O–H groups in total. The minimum absolute atomic E-state index is 0.303. The van der Waals surface area contributed by atoms with Gasteiger partial charge in [-0.05, 0) is 23.6 Å². The highest BCUT2D eigenvalue weighted by Crippen LogP contribution is 2.14.